The maximum Gasteiger partial charge on any atom is 0.410 e. The number of pyridine rings is 1. The lowest BCUT2D eigenvalue weighted by Crippen LogP contribution is -2.66. The Balaban J connectivity index is 1.74. The van der Waals surface area contributed by atoms with E-state index in [0.717, 1.165) is 5.56 Å². The largest absolute Gasteiger partial charge is 0.444 e. The molecule has 2 aromatic heterocycles. The first kappa shape index (κ1) is 23.9. The van der Waals surface area contributed by atoms with Crippen LogP contribution in [0.4, 0.5) is 4.79 Å². The summed E-state index contributed by atoms with van der Waals surface area (Å²) >= 11 is 0. The van der Waals surface area contributed by atoms with Gasteiger partial charge >= 0.3 is 6.09 Å². The van der Waals surface area contributed by atoms with E-state index in [0.29, 0.717) is 36.0 Å². The van der Waals surface area contributed by atoms with Gasteiger partial charge < -0.3 is 19.3 Å². The van der Waals surface area contributed by atoms with Crippen molar-refractivity contribution in [2.24, 2.45) is 5.41 Å². The van der Waals surface area contributed by atoms with Crippen molar-refractivity contribution >= 4 is 6.09 Å². The van der Waals surface area contributed by atoms with Gasteiger partial charge in [0.15, 0.2) is 0 Å². The van der Waals surface area contributed by atoms with Crippen molar-refractivity contribution in [1.29, 1.82) is 0 Å². The molecule has 0 spiro atoms. The average molecular weight is 465 g/mol. The Morgan fingerprint density at radius 1 is 1.15 bits per heavy atom. The quantitative estimate of drug-likeness (QED) is 0.581. The number of hydrogen-bond acceptors (Lipinski definition) is 7. The number of carbonyl (C=O) groups is 1. The smallest absolute Gasteiger partial charge is 0.410 e. The molecular weight excluding hydrogens is 432 g/mol. The third-order valence-corrected chi connectivity index (χ3v) is 6.38. The van der Waals surface area contributed by atoms with Gasteiger partial charge in [-0.2, -0.15) is 4.98 Å². The highest BCUT2D eigenvalue weighted by atomic mass is 16.6. The van der Waals surface area contributed by atoms with Gasteiger partial charge in [-0.05, 0) is 43.9 Å². The van der Waals surface area contributed by atoms with Crippen LogP contribution >= 0.6 is 0 Å². The van der Waals surface area contributed by atoms with E-state index in [1.54, 1.807) is 17.3 Å². The Bertz CT molecular complexity index is 1150. The van der Waals surface area contributed by atoms with Gasteiger partial charge in [0.05, 0.1) is 0 Å². The van der Waals surface area contributed by atoms with Crippen molar-refractivity contribution in [3.63, 3.8) is 0 Å². The van der Waals surface area contributed by atoms with Gasteiger partial charge in [0, 0.05) is 42.0 Å². The standard InChI is InChI=1S/C26H32N4O4/c1-17(2)18-7-9-20(10-8-18)26(32,21-11-19(12-27-13-21)22-28-16-33-29-22)25(6)14-30(15-25)23(31)34-24(3,4)5/h7-13,16-17,32H,14-15H2,1-6H3/t26-/m0/s1. The second-order valence-electron chi connectivity index (χ2n) is 10.6. The fraction of sp³-hybridized carbons (Fsp3) is 0.462. The molecule has 3 aromatic rings. The maximum atomic E-state index is 12.6. The summed E-state index contributed by atoms with van der Waals surface area (Å²) in [6, 6.07) is 9.81. The van der Waals surface area contributed by atoms with Crippen molar-refractivity contribution in [1.82, 2.24) is 20.0 Å². The van der Waals surface area contributed by atoms with Crippen molar-refractivity contribution in [2.75, 3.05) is 13.1 Å². The van der Waals surface area contributed by atoms with Crippen LogP contribution in [0.5, 0.6) is 0 Å². The van der Waals surface area contributed by atoms with Crippen LogP contribution < -0.4 is 0 Å². The van der Waals surface area contributed by atoms with Gasteiger partial charge in [-0.3, -0.25) is 4.98 Å². The van der Waals surface area contributed by atoms with Gasteiger partial charge in [-0.25, -0.2) is 4.79 Å². The summed E-state index contributed by atoms with van der Waals surface area (Å²) < 4.78 is 10.4. The molecule has 4 rings (SSSR count). The van der Waals surface area contributed by atoms with E-state index < -0.39 is 16.6 Å². The van der Waals surface area contributed by atoms with E-state index in [2.05, 4.69) is 29.0 Å². The second kappa shape index (κ2) is 8.51. The number of hydrogen-bond donors (Lipinski definition) is 1. The van der Waals surface area contributed by atoms with E-state index in [-0.39, 0.29) is 6.09 Å². The summed E-state index contributed by atoms with van der Waals surface area (Å²) in [5.41, 5.74) is 0.451. The molecule has 1 aromatic carbocycles. The van der Waals surface area contributed by atoms with Crippen LogP contribution in [0.25, 0.3) is 11.4 Å². The molecule has 1 fully saturated rings. The zero-order chi connectivity index (χ0) is 24.7. The molecule has 1 aliphatic rings. The molecule has 0 aliphatic carbocycles. The molecule has 0 unspecified atom stereocenters. The number of benzene rings is 1. The minimum atomic E-state index is -1.42. The molecule has 34 heavy (non-hydrogen) atoms. The van der Waals surface area contributed by atoms with E-state index in [1.165, 1.54) is 12.0 Å². The topological polar surface area (TPSA) is 102 Å². The molecule has 1 atom stereocenters. The average Bonchev–Trinajstić information content (AvgIpc) is 3.30. The van der Waals surface area contributed by atoms with Crippen LogP contribution in [0.2, 0.25) is 0 Å². The minimum absolute atomic E-state index is 0.330. The molecule has 1 N–H and O–H groups in total. The summed E-state index contributed by atoms with van der Waals surface area (Å²) in [5.74, 6) is 0.758. The van der Waals surface area contributed by atoms with Gasteiger partial charge in [0.25, 0.3) is 0 Å². The van der Waals surface area contributed by atoms with Crippen LogP contribution in [0, 0.1) is 5.41 Å². The summed E-state index contributed by atoms with van der Waals surface area (Å²) in [6.45, 7) is 12.4. The fourth-order valence-corrected chi connectivity index (χ4v) is 4.51. The summed E-state index contributed by atoms with van der Waals surface area (Å²) in [7, 11) is 0. The number of carbonyl (C=O) groups excluding carboxylic acids is 1. The third kappa shape index (κ3) is 4.30. The lowest BCUT2D eigenvalue weighted by Gasteiger charge is -2.56. The van der Waals surface area contributed by atoms with Crippen LogP contribution in [-0.4, -0.2) is 49.9 Å². The van der Waals surface area contributed by atoms with Crippen molar-refractivity contribution in [3.05, 3.63) is 65.8 Å². The number of ether oxygens (including phenoxy) is 1. The zero-order valence-corrected chi connectivity index (χ0v) is 20.6. The minimum Gasteiger partial charge on any atom is -0.444 e. The Kier molecular flexibility index (Phi) is 5.97. The number of rotatable bonds is 5. The zero-order valence-electron chi connectivity index (χ0n) is 20.6. The Labute approximate surface area is 200 Å². The molecule has 180 valence electrons. The maximum absolute atomic E-state index is 12.6. The summed E-state index contributed by atoms with van der Waals surface area (Å²) in [4.78, 5) is 22.7. The highest BCUT2D eigenvalue weighted by Gasteiger charge is 2.58. The number of likely N-dealkylation sites (tertiary alicyclic amines) is 1. The van der Waals surface area contributed by atoms with Crippen LogP contribution in [0.15, 0.2) is 53.6 Å². The van der Waals surface area contributed by atoms with E-state index >= 15 is 0 Å². The van der Waals surface area contributed by atoms with Crippen molar-refractivity contribution in [2.45, 2.75) is 58.7 Å². The van der Waals surface area contributed by atoms with Gasteiger partial charge in [0.1, 0.15) is 11.2 Å². The van der Waals surface area contributed by atoms with Crippen LogP contribution in [0.1, 0.15) is 64.2 Å². The predicted octanol–water partition coefficient (Wildman–Crippen LogP) is 4.75. The molecule has 0 radical (unpaired) electrons. The number of nitrogens with zero attached hydrogens (tertiary/aromatic N) is 4. The number of amides is 1. The third-order valence-electron chi connectivity index (χ3n) is 6.38. The molecule has 1 amide bonds. The van der Waals surface area contributed by atoms with Crippen LogP contribution in [-0.2, 0) is 10.3 Å². The summed E-state index contributed by atoms with van der Waals surface area (Å²) in [5, 5.41) is 16.3. The Morgan fingerprint density at radius 3 is 2.38 bits per heavy atom. The molecule has 1 aliphatic heterocycles. The van der Waals surface area contributed by atoms with Gasteiger partial charge in [-0.1, -0.05) is 50.2 Å². The molecule has 0 bridgehead atoms. The highest BCUT2D eigenvalue weighted by molar-refractivity contribution is 5.70. The normalized spacial score (nSPS) is 17.2. The molecular formula is C26H32N4O4. The van der Waals surface area contributed by atoms with Crippen molar-refractivity contribution < 1.29 is 19.2 Å². The summed E-state index contributed by atoms with van der Waals surface area (Å²) in [6.07, 6.45) is 4.15. The monoisotopic (exact) mass is 464 g/mol. The molecule has 1 saturated heterocycles. The lowest BCUT2D eigenvalue weighted by molar-refractivity contribution is -0.131. The van der Waals surface area contributed by atoms with E-state index in [9.17, 15) is 9.90 Å². The number of aliphatic hydroxyl groups is 1. The van der Waals surface area contributed by atoms with E-state index in [1.807, 2.05) is 58.0 Å². The Hall–Kier alpha value is -3.26. The fourth-order valence-electron chi connectivity index (χ4n) is 4.51. The second-order valence-corrected chi connectivity index (χ2v) is 10.6. The SMILES string of the molecule is CC(C)c1ccc([C@](O)(c2cncc(-c3ncon3)c2)C2(C)CN(C(=O)OC(C)(C)C)C2)cc1. The van der Waals surface area contributed by atoms with Crippen molar-refractivity contribution in [3.8, 4) is 11.4 Å². The Morgan fingerprint density at radius 2 is 1.82 bits per heavy atom. The molecule has 3 heterocycles. The first-order chi connectivity index (χ1) is 15.9. The predicted molar refractivity (Wildman–Crippen MR) is 127 cm³/mol. The van der Waals surface area contributed by atoms with Crippen LogP contribution in [0.3, 0.4) is 0 Å². The van der Waals surface area contributed by atoms with Gasteiger partial charge in [0.2, 0.25) is 12.2 Å². The molecule has 8 heteroatoms. The highest BCUT2D eigenvalue weighted by Crippen LogP contribution is 2.51. The first-order valence-corrected chi connectivity index (χ1v) is 11.5. The van der Waals surface area contributed by atoms with Gasteiger partial charge in [-0.15, -0.1) is 0 Å². The number of aromatic nitrogens is 3. The molecule has 8 nitrogen and oxygen atoms in total. The first-order valence-electron chi connectivity index (χ1n) is 11.5. The lowest BCUT2D eigenvalue weighted by atomic mass is 9.62. The van der Waals surface area contributed by atoms with E-state index in [4.69, 9.17) is 9.26 Å². The molecule has 0 saturated carbocycles.